The number of carbonyl (C=O) groups is 2. The van der Waals surface area contributed by atoms with Crippen molar-refractivity contribution in [2.75, 3.05) is 20.8 Å². The number of benzene rings is 2. The number of methoxy groups -OCH3 is 2. The van der Waals surface area contributed by atoms with Crippen LogP contribution < -0.4 is 14.8 Å². The summed E-state index contributed by atoms with van der Waals surface area (Å²) in [5, 5.41) is 2.69. The molecular weight excluding hydrogens is 377 g/mol. The van der Waals surface area contributed by atoms with Crippen LogP contribution in [0.2, 0.25) is 0 Å². The van der Waals surface area contributed by atoms with Gasteiger partial charge in [0, 0.05) is 24.3 Å². The Morgan fingerprint density at radius 2 is 1.83 bits per heavy atom. The first kappa shape index (κ1) is 21.9. The Balaban J connectivity index is 1.82. The summed E-state index contributed by atoms with van der Waals surface area (Å²) in [5.74, 6) is -0.189. The summed E-state index contributed by atoms with van der Waals surface area (Å²) in [6.45, 7) is 1.85. The molecule has 2 aromatic rings. The highest BCUT2D eigenvalue weighted by molar-refractivity contribution is 5.90. The second kappa shape index (κ2) is 10.8. The van der Waals surface area contributed by atoms with E-state index >= 15 is 0 Å². The summed E-state index contributed by atoms with van der Waals surface area (Å²) in [6, 6.07) is 11.2. The lowest BCUT2D eigenvalue weighted by atomic mass is 10.1. The molecule has 7 heteroatoms. The highest BCUT2D eigenvalue weighted by Gasteiger charge is 2.16. The predicted molar refractivity (Wildman–Crippen MR) is 107 cm³/mol. The third kappa shape index (κ3) is 6.95. The Morgan fingerprint density at radius 3 is 2.48 bits per heavy atom. The van der Waals surface area contributed by atoms with E-state index in [0.717, 1.165) is 5.56 Å². The maximum atomic E-state index is 12.9. The van der Waals surface area contributed by atoms with Gasteiger partial charge in [0.25, 0.3) is 5.91 Å². The quantitative estimate of drug-likeness (QED) is 0.516. The fourth-order valence-corrected chi connectivity index (χ4v) is 2.51. The lowest BCUT2D eigenvalue weighted by molar-refractivity contribution is -0.150. The summed E-state index contributed by atoms with van der Waals surface area (Å²) in [6.07, 6.45) is 2.37. The summed E-state index contributed by atoms with van der Waals surface area (Å²) in [5.41, 5.74) is 1.56. The number of esters is 1. The lowest BCUT2D eigenvalue weighted by Gasteiger charge is -2.12. The zero-order valence-corrected chi connectivity index (χ0v) is 16.6. The molecule has 154 valence electrons. The number of hydrogen-bond acceptors (Lipinski definition) is 5. The largest absolute Gasteiger partial charge is 0.497 e. The highest BCUT2D eigenvalue weighted by atomic mass is 19.1. The van der Waals surface area contributed by atoms with Crippen molar-refractivity contribution in [3.8, 4) is 11.5 Å². The van der Waals surface area contributed by atoms with Gasteiger partial charge in [0.15, 0.2) is 6.10 Å². The van der Waals surface area contributed by atoms with Crippen molar-refractivity contribution in [1.82, 2.24) is 5.32 Å². The standard InChI is InChI=1S/C22H24FNO5/c1-15(22(26)24-13-12-16-4-8-18(23)9-5-16)29-21(25)11-7-17-6-10-19(27-2)14-20(17)28-3/h4-11,14-15H,12-13H2,1-3H3,(H,24,26)/b11-7+. The first-order valence-corrected chi connectivity index (χ1v) is 9.06. The van der Waals surface area contributed by atoms with Crippen LogP contribution in [0.5, 0.6) is 11.5 Å². The molecular formula is C22H24FNO5. The van der Waals surface area contributed by atoms with Crippen LogP contribution in [0.25, 0.3) is 6.08 Å². The van der Waals surface area contributed by atoms with Crippen molar-refractivity contribution in [3.63, 3.8) is 0 Å². The van der Waals surface area contributed by atoms with Crippen molar-refractivity contribution < 1.29 is 28.2 Å². The van der Waals surface area contributed by atoms with Gasteiger partial charge in [-0.25, -0.2) is 9.18 Å². The van der Waals surface area contributed by atoms with Gasteiger partial charge in [-0.1, -0.05) is 12.1 Å². The smallest absolute Gasteiger partial charge is 0.331 e. The number of halogens is 1. The van der Waals surface area contributed by atoms with Crippen molar-refractivity contribution in [1.29, 1.82) is 0 Å². The fourth-order valence-electron chi connectivity index (χ4n) is 2.51. The van der Waals surface area contributed by atoms with Crippen LogP contribution in [0.1, 0.15) is 18.1 Å². The first-order chi connectivity index (χ1) is 13.9. The number of rotatable bonds is 9. The number of nitrogens with one attached hydrogen (secondary N) is 1. The molecule has 0 radical (unpaired) electrons. The van der Waals surface area contributed by atoms with Crippen molar-refractivity contribution in [2.45, 2.75) is 19.4 Å². The first-order valence-electron chi connectivity index (χ1n) is 9.06. The molecule has 0 saturated carbocycles. The topological polar surface area (TPSA) is 73.9 Å². The van der Waals surface area contributed by atoms with E-state index in [1.165, 1.54) is 32.2 Å². The van der Waals surface area contributed by atoms with Gasteiger partial charge in [0.05, 0.1) is 14.2 Å². The van der Waals surface area contributed by atoms with Crippen LogP contribution in [0.15, 0.2) is 48.5 Å². The van der Waals surface area contributed by atoms with Gasteiger partial charge in [-0.15, -0.1) is 0 Å². The van der Waals surface area contributed by atoms with Crippen molar-refractivity contribution in [2.24, 2.45) is 0 Å². The summed E-state index contributed by atoms with van der Waals surface area (Å²) in [4.78, 5) is 24.1. The summed E-state index contributed by atoms with van der Waals surface area (Å²) < 4.78 is 28.4. The Morgan fingerprint density at radius 1 is 1.10 bits per heavy atom. The third-order valence-electron chi connectivity index (χ3n) is 4.13. The van der Waals surface area contributed by atoms with Gasteiger partial charge in [0.2, 0.25) is 0 Å². The number of ether oxygens (including phenoxy) is 3. The SMILES string of the molecule is COc1ccc(/C=C/C(=O)OC(C)C(=O)NCCc2ccc(F)cc2)c(OC)c1. The molecule has 0 aliphatic rings. The monoisotopic (exact) mass is 401 g/mol. The molecule has 1 amide bonds. The number of hydrogen-bond donors (Lipinski definition) is 1. The predicted octanol–water partition coefficient (Wildman–Crippen LogP) is 3.15. The Labute approximate surface area is 169 Å². The Hall–Kier alpha value is -3.35. The minimum atomic E-state index is -0.946. The molecule has 1 atom stereocenters. The molecule has 6 nitrogen and oxygen atoms in total. The van der Waals surface area contributed by atoms with E-state index in [2.05, 4.69) is 5.32 Å². The van der Waals surface area contributed by atoms with Gasteiger partial charge in [-0.2, -0.15) is 0 Å². The van der Waals surface area contributed by atoms with Crippen molar-refractivity contribution >= 4 is 18.0 Å². The van der Waals surface area contributed by atoms with Gasteiger partial charge in [0.1, 0.15) is 17.3 Å². The van der Waals surface area contributed by atoms with Crippen LogP contribution >= 0.6 is 0 Å². The molecule has 2 aromatic carbocycles. The van der Waals surface area contributed by atoms with E-state index in [1.807, 2.05) is 0 Å². The van der Waals surface area contributed by atoms with Crippen LogP contribution in [-0.2, 0) is 20.7 Å². The number of amides is 1. The Kier molecular flexibility index (Phi) is 8.21. The Bertz CT molecular complexity index is 864. The van der Waals surface area contributed by atoms with E-state index < -0.39 is 18.0 Å². The zero-order chi connectivity index (χ0) is 21.2. The molecule has 29 heavy (non-hydrogen) atoms. The molecule has 1 unspecified atom stereocenters. The average molecular weight is 401 g/mol. The molecule has 0 spiro atoms. The normalized spacial score (nSPS) is 11.7. The molecule has 0 saturated heterocycles. The van der Waals surface area contributed by atoms with Crippen LogP contribution in [0.4, 0.5) is 4.39 Å². The van der Waals surface area contributed by atoms with Crippen LogP contribution in [0.3, 0.4) is 0 Å². The van der Waals surface area contributed by atoms with Gasteiger partial charge in [-0.3, -0.25) is 4.79 Å². The van der Waals surface area contributed by atoms with E-state index in [9.17, 15) is 14.0 Å². The minimum Gasteiger partial charge on any atom is -0.497 e. The molecule has 1 N–H and O–H groups in total. The second-order valence-electron chi connectivity index (χ2n) is 6.19. The lowest BCUT2D eigenvalue weighted by Crippen LogP contribution is -2.36. The maximum Gasteiger partial charge on any atom is 0.331 e. The highest BCUT2D eigenvalue weighted by Crippen LogP contribution is 2.25. The maximum absolute atomic E-state index is 12.9. The average Bonchev–Trinajstić information content (AvgIpc) is 2.73. The molecule has 2 rings (SSSR count). The van der Waals surface area contributed by atoms with Crippen LogP contribution in [-0.4, -0.2) is 38.7 Å². The van der Waals surface area contributed by atoms with Crippen molar-refractivity contribution in [3.05, 3.63) is 65.5 Å². The van der Waals surface area contributed by atoms with Crippen LogP contribution in [0, 0.1) is 5.82 Å². The molecule has 0 aliphatic carbocycles. The fraction of sp³-hybridized carbons (Fsp3) is 0.273. The molecule has 0 bridgehead atoms. The molecule has 0 fully saturated rings. The zero-order valence-electron chi connectivity index (χ0n) is 16.6. The van der Waals surface area contributed by atoms with Gasteiger partial charge >= 0.3 is 5.97 Å². The van der Waals surface area contributed by atoms with E-state index in [1.54, 1.807) is 43.5 Å². The third-order valence-corrected chi connectivity index (χ3v) is 4.13. The van der Waals surface area contributed by atoms with E-state index in [-0.39, 0.29) is 5.82 Å². The minimum absolute atomic E-state index is 0.307. The molecule has 0 aliphatic heterocycles. The second-order valence-corrected chi connectivity index (χ2v) is 6.19. The summed E-state index contributed by atoms with van der Waals surface area (Å²) >= 11 is 0. The molecule has 0 aromatic heterocycles. The molecule has 0 heterocycles. The number of carbonyl (C=O) groups excluding carboxylic acids is 2. The van der Waals surface area contributed by atoms with E-state index in [4.69, 9.17) is 14.2 Å². The van der Waals surface area contributed by atoms with E-state index in [0.29, 0.717) is 30.0 Å². The van der Waals surface area contributed by atoms with Gasteiger partial charge in [-0.05, 0) is 49.2 Å². The summed E-state index contributed by atoms with van der Waals surface area (Å²) in [7, 11) is 3.07. The van der Waals surface area contributed by atoms with Gasteiger partial charge < -0.3 is 19.5 Å².